The zero-order valence-corrected chi connectivity index (χ0v) is 17.1. The lowest BCUT2D eigenvalue weighted by molar-refractivity contribution is -0.153. The third-order valence-electron chi connectivity index (χ3n) is 4.98. The molecule has 0 rings (SSSR count). The average Bonchev–Trinajstić information content (AvgIpc) is 2.55. The van der Waals surface area contributed by atoms with Gasteiger partial charge in [0.05, 0.1) is 12.0 Å². The lowest BCUT2D eigenvalue weighted by Crippen LogP contribution is -2.26. The van der Waals surface area contributed by atoms with Crippen LogP contribution >= 0.6 is 0 Å². The van der Waals surface area contributed by atoms with Crippen molar-refractivity contribution in [2.45, 2.75) is 124 Å². The smallest absolute Gasteiger partial charge is 0.311 e. The highest BCUT2D eigenvalue weighted by atomic mass is 16.5. The van der Waals surface area contributed by atoms with E-state index in [1.54, 1.807) is 0 Å². The highest BCUT2D eigenvalue weighted by molar-refractivity contribution is 5.75. The Morgan fingerprint density at radius 2 is 1.04 bits per heavy atom. The summed E-state index contributed by atoms with van der Waals surface area (Å²) < 4.78 is 5.14. The summed E-state index contributed by atoms with van der Waals surface area (Å²) in [6.45, 7) is 8.66. The van der Waals surface area contributed by atoms with Gasteiger partial charge in [-0.05, 0) is 27.2 Å². The number of ether oxygens (including phenoxy) is 1. The standard InChI is InChI=1S/C22H44O2/c1-5-7-8-9-10-11-12-13-14-15-16-17-18-19-20-22(3,4)21(23)24-6-2/h5-20H2,1-4H3. The normalized spacial score (nSPS) is 11.7. The monoisotopic (exact) mass is 340 g/mol. The third kappa shape index (κ3) is 13.9. The first-order valence-electron chi connectivity index (χ1n) is 10.7. The SMILES string of the molecule is CCCCCCCCCCCCCCCCC(C)(C)C(=O)OCC. The first-order valence-corrected chi connectivity index (χ1v) is 10.7. The Morgan fingerprint density at radius 3 is 1.42 bits per heavy atom. The van der Waals surface area contributed by atoms with Gasteiger partial charge >= 0.3 is 5.97 Å². The predicted molar refractivity (Wildman–Crippen MR) is 105 cm³/mol. The van der Waals surface area contributed by atoms with E-state index in [-0.39, 0.29) is 11.4 Å². The van der Waals surface area contributed by atoms with Gasteiger partial charge in [0.2, 0.25) is 0 Å². The summed E-state index contributed by atoms with van der Waals surface area (Å²) in [5, 5.41) is 0. The number of hydrogen-bond donors (Lipinski definition) is 0. The number of unbranched alkanes of at least 4 members (excludes halogenated alkanes) is 13. The van der Waals surface area contributed by atoms with Gasteiger partial charge in [0.1, 0.15) is 0 Å². The molecule has 0 spiro atoms. The zero-order chi connectivity index (χ0) is 18.1. The van der Waals surface area contributed by atoms with E-state index in [9.17, 15) is 4.79 Å². The molecule has 0 unspecified atom stereocenters. The summed E-state index contributed by atoms with van der Waals surface area (Å²) in [5.41, 5.74) is -0.312. The highest BCUT2D eigenvalue weighted by Crippen LogP contribution is 2.25. The van der Waals surface area contributed by atoms with Gasteiger partial charge in [-0.1, -0.05) is 96.8 Å². The van der Waals surface area contributed by atoms with E-state index in [2.05, 4.69) is 6.92 Å². The lowest BCUT2D eigenvalue weighted by atomic mass is 9.87. The van der Waals surface area contributed by atoms with Crippen molar-refractivity contribution in [2.75, 3.05) is 6.61 Å². The summed E-state index contributed by atoms with van der Waals surface area (Å²) in [6, 6.07) is 0. The van der Waals surface area contributed by atoms with E-state index in [4.69, 9.17) is 4.74 Å². The van der Waals surface area contributed by atoms with Gasteiger partial charge in [-0.15, -0.1) is 0 Å². The van der Waals surface area contributed by atoms with Crippen molar-refractivity contribution in [3.05, 3.63) is 0 Å². The van der Waals surface area contributed by atoms with E-state index in [1.165, 1.54) is 83.5 Å². The summed E-state index contributed by atoms with van der Waals surface area (Å²) in [5.74, 6) is -0.0419. The molecule has 0 N–H and O–H groups in total. The van der Waals surface area contributed by atoms with E-state index in [0.717, 1.165) is 12.8 Å². The molecule has 0 heterocycles. The molecule has 0 aromatic carbocycles. The molecular formula is C22H44O2. The van der Waals surface area contributed by atoms with Crippen LogP contribution in [0.25, 0.3) is 0 Å². The van der Waals surface area contributed by atoms with Gasteiger partial charge in [-0.25, -0.2) is 0 Å². The van der Waals surface area contributed by atoms with E-state index in [1.807, 2.05) is 20.8 Å². The molecule has 0 saturated carbocycles. The van der Waals surface area contributed by atoms with Gasteiger partial charge in [0.25, 0.3) is 0 Å². The highest BCUT2D eigenvalue weighted by Gasteiger charge is 2.28. The van der Waals surface area contributed by atoms with Crippen LogP contribution in [0.5, 0.6) is 0 Å². The summed E-state index contributed by atoms with van der Waals surface area (Å²) >= 11 is 0. The third-order valence-corrected chi connectivity index (χ3v) is 4.98. The Kier molecular flexibility index (Phi) is 15.6. The summed E-state index contributed by atoms with van der Waals surface area (Å²) in [4.78, 5) is 11.8. The second-order valence-electron chi connectivity index (χ2n) is 7.95. The predicted octanol–water partition coefficient (Wildman–Crippen LogP) is 7.45. The van der Waals surface area contributed by atoms with Crippen molar-refractivity contribution in [2.24, 2.45) is 5.41 Å². The van der Waals surface area contributed by atoms with E-state index >= 15 is 0 Å². The minimum atomic E-state index is -0.312. The number of esters is 1. The van der Waals surface area contributed by atoms with Crippen LogP contribution in [0.15, 0.2) is 0 Å². The van der Waals surface area contributed by atoms with Gasteiger partial charge < -0.3 is 4.74 Å². The molecular weight excluding hydrogens is 296 g/mol. The minimum absolute atomic E-state index is 0.0419. The number of carbonyl (C=O) groups excluding carboxylic acids is 1. The Hall–Kier alpha value is -0.530. The molecule has 24 heavy (non-hydrogen) atoms. The van der Waals surface area contributed by atoms with E-state index in [0.29, 0.717) is 6.61 Å². The lowest BCUT2D eigenvalue weighted by Gasteiger charge is -2.21. The molecule has 0 radical (unpaired) electrons. The molecule has 144 valence electrons. The van der Waals surface area contributed by atoms with Crippen LogP contribution in [0.2, 0.25) is 0 Å². The second kappa shape index (κ2) is 16.0. The van der Waals surface area contributed by atoms with Gasteiger partial charge in [-0.3, -0.25) is 4.79 Å². The minimum Gasteiger partial charge on any atom is -0.466 e. The van der Waals surface area contributed by atoms with Crippen LogP contribution in [0, 0.1) is 5.41 Å². The summed E-state index contributed by atoms with van der Waals surface area (Å²) in [7, 11) is 0. The molecule has 0 aliphatic heterocycles. The topological polar surface area (TPSA) is 26.3 Å². The quantitative estimate of drug-likeness (QED) is 0.203. The molecule has 0 saturated heterocycles. The number of carbonyl (C=O) groups is 1. The van der Waals surface area contributed by atoms with Crippen molar-refractivity contribution in [1.82, 2.24) is 0 Å². The van der Waals surface area contributed by atoms with Gasteiger partial charge in [0.15, 0.2) is 0 Å². The largest absolute Gasteiger partial charge is 0.466 e. The maximum atomic E-state index is 11.8. The maximum Gasteiger partial charge on any atom is 0.311 e. The Morgan fingerprint density at radius 1 is 0.667 bits per heavy atom. The number of hydrogen-bond acceptors (Lipinski definition) is 2. The molecule has 0 fully saturated rings. The fourth-order valence-electron chi connectivity index (χ4n) is 3.19. The Balaban J connectivity index is 3.29. The molecule has 2 nitrogen and oxygen atoms in total. The fourth-order valence-corrected chi connectivity index (χ4v) is 3.19. The second-order valence-corrected chi connectivity index (χ2v) is 7.95. The fraction of sp³-hybridized carbons (Fsp3) is 0.955. The molecule has 0 aromatic heterocycles. The molecule has 0 aliphatic carbocycles. The van der Waals surface area contributed by atoms with Crippen LogP contribution in [-0.2, 0) is 9.53 Å². The van der Waals surface area contributed by atoms with Crippen LogP contribution in [0.1, 0.15) is 124 Å². The first-order chi connectivity index (χ1) is 11.5. The van der Waals surface area contributed by atoms with Crippen molar-refractivity contribution >= 4 is 5.97 Å². The zero-order valence-electron chi connectivity index (χ0n) is 17.1. The van der Waals surface area contributed by atoms with Crippen molar-refractivity contribution in [3.63, 3.8) is 0 Å². The maximum absolute atomic E-state index is 11.8. The molecule has 0 atom stereocenters. The van der Waals surface area contributed by atoms with Crippen LogP contribution in [0.3, 0.4) is 0 Å². The number of rotatable bonds is 17. The summed E-state index contributed by atoms with van der Waals surface area (Å²) in [6.07, 6.45) is 20.2. The van der Waals surface area contributed by atoms with Crippen molar-refractivity contribution < 1.29 is 9.53 Å². The van der Waals surface area contributed by atoms with Crippen LogP contribution < -0.4 is 0 Å². The first kappa shape index (κ1) is 23.5. The molecule has 0 bridgehead atoms. The molecule has 0 aliphatic rings. The van der Waals surface area contributed by atoms with Crippen molar-refractivity contribution in [3.8, 4) is 0 Å². The van der Waals surface area contributed by atoms with Crippen molar-refractivity contribution in [1.29, 1.82) is 0 Å². The molecule has 0 amide bonds. The molecule has 2 heteroatoms. The molecule has 0 aromatic rings. The average molecular weight is 341 g/mol. The van der Waals surface area contributed by atoms with Crippen LogP contribution in [0.4, 0.5) is 0 Å². The van der Waals surface area contributed by atoms with Gasteiger partial charge in [-0.2, -0.15) is 0 Å². The van der Waals surface area contributed by atoms with Crippen LogP contribution in [-0.4, -0.2) is 12.6 Å². The van der Waals surface area contributed by atoms with E-state index < -0.39 is 0 Å². The van der Waals surface area contributed by atoms with Gasteiger partial charge in [0, 0.05) is 0 Å². The Labute approximate surface area is 152 Å². The Bertz CT molecular complexity index is 284.